The molecule has 1 aliphatic rings. The highest BCUT2D eigenvalue weighted by molar-refractivity contribution is 9.10. The van der Waals surface area contributed by atoms with Gasteiger partial charge in [0.05, 0.1) is 17.8 Å². The third kappa shape index (κ3) is 2.43. The number of H-pyrrole nitrogens is 1. The van der Waals surface area contributed by atoms with Gasteiger partial charge in [-0.05, 0) is 35.0 Å². The molecule has 106 valence electrons. The first-order valence-corrected chi connectivity index (χ1v) is 7.26. The monoisotopic (exact) mass is 337 g/mol. The standard InChI is InChI=1S/C13H16BrN5O/c1-8-10(14)3-4-12(17-8)19-6-9(20-2)5-11(19)13-15-7-16-18-13/h3-4,7,9,11H,5-6H2,1-2H3,(H,15,16,18)/t9-,11+/m1/s1. The highest BCUT2D eigenvalue weighted by atomic mass is 79.9. The molecule has 1 fully saturated rings. The van der Waals surface area contributed by atoms with E-state index in [2.05, 4.69) is 41.0 Å². The lowest BCUT2D eigenvalue weighted by molar-refractivity contribution is 0.118. The summed E-state index contributed by atoms with van der Waals surface area (Å²) in [6.07, 6.45) is 2.59. The summed E-state index contributed by atoms with van der Waals surface area (Å²) in [6.45, 7) is 2.79. The second-order valence-electron chi connectivity index (χ2n) is 4.87. The zero-order valence-electron chi connectivity index (χ0n) is 11.4. The van der Waals surface area contributed by atoms with Crippen LogP contribution in [0.25, 0.3) is 0 Å². The van der Waals surface area contributed by atoms with Crippen LogP contribution in [0.2, 0.25) is 0 Å². The molecule has 0 spiro atoms. The van der Waals surface area contributed by atoms with Gasteiger partial charge in [-0.1, -0.05) is 0 Å². The first kappa shape index (κ1) is 13.5. The molecule has 2 aromatic heterocycles. The van der Waals surface area contributed by atoms with Gasteiger partial charge >= 0.3 is 0 Å². The summed E-state index contributed by atoms with van der Waals surface area (Å²) < 4.78 is 6.52. The molecule has 0 amide bonds. The highest BCUT2D eigenvalue weighted by Crippen LogP contribution is 2.35. The maximum absolute atomic E-state index is 5.50. The van der Waals surface area contributed by atoms with Crippen LogP contribution in [0.5, 0.6) is 0 Å². The third-order valence-electron chi connectivity index (χ3n) is 3.65. The van der Waals surface area contributed by atoms with Gasteiger partial charge in [-0.3, -0.25) is 5.10 Å². The van der Waals surface area contributed by atoms with Crippen molar-refractivity contribution in [3.63, 3.8) is 0 Å². The summed E-state index contributed by atoms with van der Waals surface area (Å²) in [6, 6.07) is 4.16. The Morgan fingerprint density at radius 1 is 1.45 bits per heavy atom. The smallest absolute Gasteiger partial charge is 0.147 e. The second kappa shape index (κ2) is 5.49. The van der Waals surface area contributed by atoms with Gasteiger partial charge in [0.15, 0.2) is 0 Å². The van der Waals surface area contributed by atoms with Crippen LogP contribution in [0.15, 0.2) is 22.9 Å². The van der Waals surface area contributed by atoms with Crippen LogP contribution in [0.1, 0.15) is 24.0 Å². The van der Waals surface area contributed by atoms with Crippen molar-refractivity contribution < 1.29 is 4.74 Å². The van der Waals surface area contributed by atoms with Crippen LogP contribution < -0.4 is 4.90 Å². The molecule has 0 unspecified atom stereocenters. The molecule has 0 bridgehead atoms. The minimum absolute atomic E-state index is 0.121. The van der Waals surface area contributed by atoms with E-state index in [1.807, 2.05) is 19.1 Å². The van der Waals surface area contributed by atoms with Crippen molar-refractivity contribution in [1.29, 1.82) is 0 Å². The number of ether oxygens (including phenoxy) is 1. The van der Waals surface area contributed by atoms with E-state index in [4.69, 9.17) is 4.74 Å². The number of nitrogens with one attached hydrogen (secondary N) is 1. The zero-order valence-corrected chi connectivity index (χ0v) is 13.0. The molecular formula is C13H16BrN5O. The number of hydrogen-bond acceptors (Lipinski definition) is 5. The van der Waals surface area contributed by atoms with Crippen LogP contribution in [0, 0.1) is 6.92 Å². The molecule has 1 N–H and O–H groups in total. The maximum Gasteiger partial charge on any atom is 0.147 e. The van der Waals surface area contributed by atoms with Gasteiger partial charge in [0.1, 0.15) is 18.0 Å². The van der Waals surface area contributed by atoms with E-state index < -0.39 is 0 Å². The quantitative estimate of drug-likeness (QED) is 0.930. The molecule has 0 aromatic carbocycles. The number of rotatable bonds is 3. The van der Waals surface area contributed by atoms with Crippen molar-refractivity contribution in [1.82, 2.24) is 20.2 Å². The number of pyridine rings is 1. The number of aromatic amines is 1. The summed E-state index contributed by atoms with van der Waals surface area (Å²) in [5.74, 6) is 1.79. The Kier molecular flexibility index (Phi) is 3.71. The van der Waals surface area contributed by atoms with Crippen LogP contribution in [0.4, 0.5) is 5.82 Å². The molecule has 3 rings (SSSR count). The minimum Gasteiger partial charge on any atom is -0.380 e. The number of anilines is 1. The zero-order chi connectivity index (χ0) is 14.1. The van der Waals surface area contributed by atoms with Crippen molar-refractivity contribution in [2.24, 2.45) is 0 Å². The highest BCUT2D eigenvalue weighted by Gasteiger charge is 2.35. The van der Waals surface area contributed by atoms with Crippen LogP contribution in [-0.2, 0) is 4.74 Å². The van der Waals surface area contributed by atoms with Crippen LogP contribution >= 0.6 is 15.9 Å². The van der Waals surface area contributed by atoms with Gasteiger partial charge in [0.2, 0.25) is 0 Å². The van der Waals surface area contributed by atoms with E-state index in [1.165, 1.54) is 6.33 Å². The second-order valence-corrected chi connectivity index (χ2v) is 5.72. The molecule has 0 aliphatic carbocycles. The van der Waals surface area contributed by atoms with E-state index in [1.54, 1.807) is 7.11 Å². The lowest BCUT2D eigenvalue weighted by Crippen LogP contribution is -2.26. The fourth-order valence-electron chi connectivity index (χ4n) is 2.55. The van der Waals surface area contributed by atoms with Gasteiger partial charge < -0.3 is 9.64 Å². The van der Waals surface area contributed by atoms with Gasteiger partial charge in [-0.2, -0.15) is 5.10 Å². The van der Waals surface area contributed by atoms with E-state index in [0.29, 0.717) is 0 Å². The van der Waals surface area contributed by atoms with Crippen molar-refractivity contribution in [3.8, 4) is 0 Å². The van der Waals surface area contributed by atoms with Crippen molar-refractivity contribution in [3.05, 3.63) is 34.5 Å². The fraction of sp³-hybridized carbons (Fsp3) is 0.462. The predicted molar refractivity (Wildman–Crippen MR) is 78.6 cm³/mol. The molecule has 1 aliphatic heterocycles. The lowest BCUT2D eigenvalue weighted by atomic mass is 10.2. The Labute approximate surface area is 125 Å². The summed E-state index contributed by atoms with van der Waals surface area (Å²) in [5.41, 5.74) is 0.972. The van der Waals surface area contributed by atoms with E-state index in [0.717, 1.165) is 34.8 Å². The van der Waals surface area contributed by atoms with Crippen molar-refractivity contribution in [2.45, 2.75) is 25.5 Å². The Morgan fingerprint density at radius 2 is 2.30 bits per heavy atom. The summed E-state index contributed by atoms with van der Waals surface area (Å²) >= 11 is 3.48. The third-order valence-corrected chi connectivity index (χ3v) is 4.48. The number of aryl methyl sites for hydroxylation is 1. The predicted octanol–water partition coefficient (Wildman–Crippen LogP) is 2.24. The fourth-order valence-corrected chi connectivity index (χ4v) is 2.77. The van der Waals surface area contributed by atoms with Gasteiger partial charge in [0.25, 0.3) is 0 Å². The average molecular weight is 338 g/mol. The van der Waals surface area contributed by atoms with Crippen LogP contribution in [0.3, 0.4) is 0 Å². The Bertz CT molecular complexity index is 588. The Balaban J connectivity index is 1.94. The molecular weight excluding hydrogens is 322 g/mol. The molecule has 20 heavy (non-hydrogen) atoms. The molecule has 6 nitrogen and oxygen atoms in total. The normalized spacial score (nSPS) is 22.4. The minimum atomic E-state index is 0.121. The van der Waals surface area contributed by atoms with Gasteiger partial charge in [-0.15, -0.1) is 0 Å². The molecule has 2 atom stereocenters. The number of nitrogens with zero attached hydrogens (tertiary/aromatic N) is 4. The topological polar surface area (TPSA) is 66.9 Å². The summed E-state index contributed by atoms with van der Waals surface area (Å²) in [5, 5.41) is 6.90. The maximum atomic E-state index is 5.50. The molecule has 1 saturated heterocycles. The first-order valence-electron chi connectivity index (χ1n) is 6.47. The van der Waals surface area contributed by atoms with Gasteiger partial charge in [-0.25, -0.2) is 9.97 Å². The largest absolute Gasteiger partial charge is 0.380 e. The molecule has 3 heterocycles. The summed E-state index contributed by atoms with van der Waals surface area (Å²) in [4.78, 5) is 11.1. The molecule has 7 heteroatoms. The van der Waals surface area contributed by atoms with E-state index in [9.17, 15) is 0 Å². The number of aromatic nitrogens is 4. The molecule has 0 radical (unpaired) electrons. The average Bonchev–Trinajstić information content (AvgIpc) is 3.09. The van der Waals surface area contributed by atoms with Crippen molar-refractivity contribution in [2.75, 3.05) is 18.6 Å². The van der Waals surface area contributed by atoms with Crippen LogP contribution in [-0.4, -0.2) is 39.9 Å². The summed E-state index contributed by atoms with van der Waals surface area (Å²) in [7, 11) is 1.74. The Hall–Kier alpha value is -1.47. The molecule has 2 aromatic rings. The number of methoxy groups -OCH3 is 1. The van der Waals surface area contributed by atoms with E-state index >= 15 is 0 Å². The first-order chi connectivity index (χ1) is 9.69. The van der Waals surface area contributed by atoms with E-state index in [-0.39, 0.29) is 12.1 Å². The SMILES string of the molecule is CO[C@@H]1C[C@@H](c2ncn[nH]2)N(c2ccc(Br)c(C)n2)C1. The number of hydrogen-bond donors (Lipinski definition) is 1. The molecule has 0 saturated carbocycles. The van der Waals surface area contributed by atoms with Gasteiger partial charge in [0, 0.05) is 24.5 Å². The number of halogens is 1. The van der Waals surface area contributed by atoms with Crippen molar-refractivity contribution >= 4 is 21.7 Å². The lowest BCUT2D eigenvalue weighted by Gasteiger charge is -2.24. The Morgan fingerprint density at radius 3 is 2.95 bits per heavy atom.